The maximum Gasteiger partial charge on any atom is 0.251 e. The minimum absolute atomic E-state index is 0.0527. The number of benzene rings is 1. The number of nitrogens with one attached hydrogen (secondary N) is 1. The normalized spacial score (nSPS) is 12.9. The molecule has 0 saturated heterocycles. The summed E-state index contributed by atoms with van der Waals surface area (Å²) in [5.41, 5.74) is 1.87. The zero-order valence-electron chi connectivity index (χ0n) is 17.0. The highest BCUT2D eigenvalue weighted by molar-refractivity contribution is 7.13. The minimum Gasteiger partial charge on any atom is -0.340 e. The van der Waals surface area contributed by atoms with Gasteiger partial charge in [-0.05, 0) is 46.9 Å². The summed E-state index contributed by atoms with van der Waals surface area (Å²) in [6.45, 7) is 10.7. The predicted octanol–water partition coefficient (Wildman–Crippen LogP) is 5.61. The molecule has 6 heteroatoms. The van der Waals surface area contributed by atoms with E-state index in [1.54, 1.807) is 11.3 Å². The quantitative estimate of drug-likeness (QED) is 0.587. The van der Waals surface area contributed by atoms with Crippen LogP contribution >= 0.6 is 11.3 Å². The second-order valence-corrected chi connectivity index (χ2v) is 9.36. The van der Waals surface area contributed by atoms with E-state index in [2.05, 4.69) is 50.1 Å². The van der Waals surface area contributed by atoms with Crippen LogP contribution in [0.2, 0.25) is 0 Å². The van der Waals surface area contributed by atoms with Gasteiger partial charge in [-0.3, -0.25) is 4.79 Å². The monoisotopic (exact) mass is 397 g/mol. The summed E-state index contributed by atoms with van der Waals surface area (Å²) < 4.78 is 5.48. The molecule has 1 atom stereocenters. The first kappa shape index (κ1) is 20.3. The molecule has 0 aliphatic heterocycles. The third kappa shape index (κ3) is 4.87. The van der Waals surface area contributed by atoms with Gasteiger partial charge < -0.3 is 9.84 Å². The summed E-state index contributed by atoms with van der Waals surface area (Å²) in [5, 5.41) is 9.12. The molecule has 0 bridgehead atoms. The molecule has 0 fully saturated rings. The fraction of sp³-hybridized carbons (Fsp3) is 0.409. The molecule has 2 aromatic heterocycles. The highest BCUT2D eigenvalue weighted by Crippen LogP contribution is 2.26. The lowest BCUT2D eigenvalue weighted by molar-refractivity contribution is 0.0922. The number of rotatable bonds is 6. The number of amides is 1. The lowest BCUT2D eigenvalue weighted by Crippen LogP contribution is -2.30. The van der Waals surface area contributed by atoms with E-state index in [9.17, 15) is 4.79 Å². The summed E-state index contributed by atoms with van der Waals surface area (Å²) in [4.78, 5) is 18.3. The van der Waals surface area contributed by atoms with Crippen LogP contribution in [0.5, 0.6) is 0 Å². The Morgan fingerprint density at radius 2 is 1.89 bits per heavy atom. The van der Waals surface area contributed by atoms with E-state index in [0.717, 1.165) is 11.3 Å². The van der Waals surface area contributed by atoms with Crippen LogP contribution in [0.25, 0.3) is 10.7 Å². The van der Waals surface area contributed by atoms with Crippen LogP contribution in [0.4, 0.5) is 0 Å². The fourth-order valence-corrected chi connectivity index (χ4v) is 3.59. The molecule has 0 aliphatic rings. The molecule has 1 amide bonds. The van der Waals surface area contributed by atoms with Gasteiger partial charge in [-0.2, -0.15) is 4.98 Å². The Labute approximate surface area is 170 Å². The highest BCUT2D eigenvalue weighted by atomic mass is 32.1. The van der Waals surface area contributed by atoms with Crippen LogP contribution in [0.1, 0.15) is 68.9 Å². The van der Waals surface area contributed by atoms with Crippen molar-refractivity contribution in [2.75, 3.05) is 0 Å². The summed E-state index contributed by atoms with van der Waals surface area (Å²) in [5.74, 6) is 1.23. The summed E-state index contributed by atoms with van der Waals surface area (Å²) in [7, 11) is 0. The number of carbonyl (C=O) groups is 1. The topological polar surface area (TPSA) is 68.0 Å². The van der Waals surface area contributed by atoms with Crippen LogP contribution in [0, 0.1) is 5.92 Å². The first-order valence-corrected chi connectivity index (χ1v) is 10.4. The molecular formula is C22H27N3O2S. The van der Waals surface area contributed by atoms with Gasteiger partial charge in [-0.15, -0.1) is 11.3 Å². The van der Waals surface area contributed by atoms with E-state index in [-0.39, 0.29) is 17.4 Å². The van der Waals surface area contributed by atoms with Crippen LogP contribution in [-0.2, 0) is 5.41 Å². The maximum atomic E-state index is 12.8. The Kier molecular flexibility index (Phi) is 5.98. The van der Waals surface area contributed by atoms with Crippen LogP contribution < -0.4 is 5.32 Å². The van der Waals surface area contributed by atoms with E-state index in [1.165, 1.54) is 5.56 Å². The molecule has 28 heavy (non-hydrogen) atoms. The number of carbonyl (C=O) groups excluding carboxylic acids is 1. The lowest BCUT2D eigenvalue weighted by atomic mass is 9.86. The second kappa shape index (κ2) is 8.27. The van der Waals surface area contributed by atoms with Crippen LogP contribution in [-0.4, -0.2) is 16.0 Å². The SMILES string of the molecule is CC(C)C[C@@H](NC(=O)c1ccc(C(C)(C)C)cc1)c1nc(-c2cccs2)no1. The molecule has 1 N–H and O–H groups in total. The smallest absolute Gasteiger partial charge is 0.251 e. The number of thiophene rings is 1. The van der Waals surface area contributed by atoms with Crippen molar-refractivity contribution >= 4 is 17.2 Å². The van der Waals surface area contributed by atoms with Gasteiger partial charge in [-0.25, -0.2) is 0 Å². The van der Waals surface area contributed by atoms with Crippen molar-refractivity contribution in [3.63, 3.8) is 0 Å². The van der Waals surface area contributed by atoms with Gasteiger partial charge in [0.25, 0.3) is 5.91 Å². The number of aromatic nitrogens is 2. The van der Waals surface area contributed by atoms with Crippen molar-refractivity contribution in [1.82, 2.24) is 15.5 Å². The molecule has 2 heterocycles. The van der Waals surface area contributed by atoms with E-state index in [4.69, 9.17) is 4.52 Å². The molecule has 0 spiro atoms. The maximum absolute atomic E-state index is 12.8. The van der Waals surface area contributed by atoms with Crippen molar-refractivity contribution in [1.29, 1.82) is 0 Å². The molecule has 5 nitrogen and oxygen atoms in total. The number of hydrogen-bond acceptors (Lipinski definition) is 5. The van der Waals surface area contributed by atoms with E-state index in [0.29, 0.717) is 23.2 Å². The average Bonchev–Trinajstić information content (AvgIpc) is 3.31. The summed E-state index contributed by atoms with van der Waals surface area (Å²) >= 11 is 1.56. The zero-order valence-corrected chi connectivity index (χ0v) is 17.8. The molecule has 0 saturated carbocycles. The van der Waals surface area contributed by atoms with Gasteiger partial charge in [0.1, 0.15) is 6.04 Å². The van der Waals surface area contributed by atoms with Gasteiger partial charge in [0.15, 0.2) is 0 Å². The minimum atomic E-state index is -0.323. The second-order valence-electron chi connectivity index (χ2n) is 8.42. The van der Waals surface area contributed by atoms with Gasteiger partial charge in [0, 0.05) is 5.56 Å². The van der Waals surface area contributed by atoms with Crippen molar-refractivity contribution in [3.8, 4) is 10.7 Å². The van der Waals surface area contributed by atoms with Crippen LogP contribution in [0.15, 0.2) is 46.3 Å². The first-order valence-electron chi connectivity index (χ1n) is 9.53. The Morgan fingerprint density at radius 1 is 1.18 bits per heavy atom. The molecular weight excluding hydrogens is 370 g/mol. The molecule has 148 valence electrons. The third-order valence-corrected chi connectivity index (χ3v) is 5.37. The van der Waals surface area contributed by atoms with E-state index in [1.807, 2.05) is 41.8 Å². The first-order chi connectivity index (χ1) is 13.2. The average molecular weight is 398 g/mol. The molecule has 1 aromatic carbocycles. The van der Waals surface area contributed by atoms with Crippen molar-refractivity contribution in [2.24, 2.45) is 5.92 Å². The Balaban J connectivity index is 1.78. The molecule has 3 rings (SSSR count). The Hall–Kier alpha value is -2.47. The Morgan fingerprint density at radius 3 is 2.46 bits per heavy atom. The number of nitrogens with zero attached hydrogens (tertiary/aromatic N) is 2. The van der Waals surface area contributed by atoms with E-state index < -0.39 is 0 Å². The van der Waals surface area contributed by atoms with Crippen molar-refractivity contribution < 1.29 is 9.32 Å². The van der Waals surface area contributed by atoms with Crippen molar-refractivity contribution in [2.45, 2.75) is 52.5 Å². The predicted molar refractivity (Wildman–Crippen MR) is 112 cm³/mol. The largest absolute Gasteiger partial charge is 0.340 e. The number of hydrogen-bond donors (Lipinski definition) is 1. The molecule has 0 unspecified atom stereocenters. The van der Waals surface area contributed by atoms with Gasteiger partial charge >= 0.3 is 0 Å². The molecule has 0 radical (unpaired) electrons. The van der Waals surface area contributed by atoms with Crippen LogP contribution in [0.3, 0.4) is 0 Å². The summed E-state index contributed by atoms with van der Waals surface area (Å²) in [6.07, 6.45) is 0.720. The fourth-order valence-electron chi connectivity index (χ4n) is 2.94. The van der Waals surface area contributed by atoms with E-state index >= 15 is 0 Å². The van der Waals surface area contributed by atoms with Gasteiger partial charge in [0.2, 0.25) is 11.7 Å². The highest BCUT2D eigenvalue weighted by Gasteiger charge is 2.24. The standard InChI is InChI=1S/C22H27N3O2S/c1-14(2)13-17(21-24-19(25-27-21)18-7-6-12-28-18)23-20(26)15-8-10-16(11-9-15)22(3,4)5/h6-12,14,17H,13H2,1-5H3,(H,23,26)/t17-/m1/s1. The zero-order chi connectivity index (χ0) is 20.3. The molecule has 3 aromatic rings. The van der Waals surface area contributed by atoms with Gasteiger partial charge in [-0.1, -0.05) is 58.0 Å². The van der Waals surface area contributed by atoms with Crippen molar-refractivity contribution in [3.05, 3.63) is 58.8 Å². The Bertz CT molecular complexity index is 906. The van der Waals surface area contributed by atoms with Gasteiger partial charge in [0.05, 0.1) is 4.88 Å². The third-order valence-electron chi connectivity index (χ3n) is 4.51. The molecule has 0 aliphatic carbocycles. The summed E-state index contributed by atoms with van der Waals surface area (Å²) in [6, 6.07) is 11.3. The lowest BCUT2D eigenvalue weighted by Gasteiger charge is -2.20.